The molecule has 2 aliphatic heterocycles. The molecule has 1 saturated carbocycles. The van der Waals surface area contributed by atoms with E-state index in [1.807, 2.05) is 0 Å². The number of amides is 1. The van der Waals surface area contributed by atoms with Crippen molar-refractivity contribution in [1.82, 2.24) is 10.2 Å². The van der Waals surface area contributed by atoms with Crippen molar-refractivity contribution < 1.29 is 4.79 Å². The molecule has 0 bridgehead atoms. The summed E-state index contributed by atoms with van der Waals surface area (Å²) in [7, 11) is 0. The molecule has 0 spiro atoms. The SMILES string of the molecule is CC1(C(=O)N2C[C@H]3CNC[C@H]3C2)CC1. The van der Waals surface area contributed by atoms with E-state index in [1.54, 1.807) is 0 Å². The van der Waals surface area contributed by atoms with Crippen LogP contribution in [0.2, 0.25) is 0 Å². The van der Waals surface area contributed by atoms with E-state index in [0.717, 1.165) is 50.9 Å². The summed E-state index contributed by atoms with van der Waals surface area (Å²) in [6, 6.07) is 0. The summed E-state index contributed by atoms with van der Waals surface area (Å²) in [5, 5.41) is 3.40. The van der Waals surface area contributed by atoms with Crippen LogP contribution in [0.5, 0.6) is 0 Å². The maximum atomic E-state index is 12.1. The molecule has 0 aromatic rings. The maximum Gasteiger partial charge on any atom is 0.228 e. The molecule has 1 N–H and O–H groups in total. The van der Waals surface area contributed by atoms with Crippen LogP contribution in [0.1, 0.15) is 19.8 Å². The van der Waals surface area contributed by atoms with Crippen molar-refractivity contribution in [3.8, 4) is 0 Å². The highest BCUT2D eigenvalue weighted by molar-refractivity contribution is 5.85. The smallest absolute Gasteiger partial charge is 0.228 e. The highest BCUT2D eigenvalue weighted by Gasteiger charge is 2.50. The van der Waals surface area contributed by atoms with Gasteiger partial charge in [0.05, 0.1) is 0 Å². The molecule has 78 valence electrons. The second kappa shape index (κ2) is 2.72. The lowest BCUT2D eigenvalue weighted by Crippen LogP contribution is -2.36. The van der Waals surface area contributed by atoms with E-state index in [9.17, 15) is 4.79 Å². The van der Waals surface area contributed by atoms with Gasteiger partial charge in [-0.1, -0.05) is 6.92 Å². The first-order valence-corrected chi connectivity index (χ1v) is 5.69. The number of hydrogen-bond donors (Lipinski definition) is 1. The fourth-order valence-corrected chi connectivity index (χ4v) is 2.80. The first-order chi connectivity index (χ1) is 6.69. The predicted molar refractivity (Wildman–Crippen MR) is 53.8 cm³/mol. The Morgan fingerprint density at radius 1 is 1.29 bits per heavy atom. The predicted octanol–water partition coefficient (Wildman–Crippen LogP) is 0.464. The molecule has 3 aliphatic rings. The van der Waals surface area contributed by atoms with E-state index in [2.05, 4.69) is 17.1 Å². The number of rotatable bonds is 1. The normalized spacial score (nSPS) is 38.5. The van der Waals surface area contributed by atoms with Crippen molar-refractivity contribution in [3.63, 3.8) is 0 Å². The van der Waals surface area contributed by atoms with Gasteiger partial charge in [-0.2, -0.15) is 0 Å². The van der Waals surface area contributed by atoms with Crippen molar-refractivity contribution in [1.29, 1.82) is 0 Å². The average Bonchev–Trinajstić information content (AvgIpc) is 2.63. The molecular formula is C11H18N2O. The Balaban J connectivity index is 1.68. The number of carbonyl (C=O) groups excluding carboxylic acids is 1. The Labute approximate surface area is 84.8 Å². The van der Waals surface area contributed by atoms with Crippen LogP contribution in [0.4, 0.5) is 0 Å². The molecule has 1 aliphatic carbocycles. The van der Waals surface area contributed by atoms with Gasteiger partial charge in [-0.05, 0) is 24.7 Å². The van der Waals surface area contributed by atoms with Gasteiger partial charge < -0.3 is 10.2 Å². The van der Waals surface area contributed by atoms with E-state index < -0.39 is 0 Å². The largest absolute Gasteiger partial charge is 0.342 e. The molecule has 0 aromatic heterocycles. The quantitative estimate of drug-likeness (QED) is 0.658. The summed E-state index contributed by atoms with van der Waals surface area (Å²) >= 11 is 0. The molecule has 0 radical (unpaired) electrons. The molecule has 0 unspecified atom stereocenters. The van der Waals surface area contributed by atoms with Crippen LogP contribution in [0.15, 0.2) is 0 Å². The summed E-state index contributed by atoms with van der Waals surface area (Å²) in [5.41, 5.74) is 0.0338. The molecule has 14 heavy (non-hydrogen) atoms. The minimum Gasteiger partial charge on any atom is -0.342 e. The van der Waals surface area contributed by atoms with Crippen LogP contribution in [0.3, 0.4) is 0 Å². The fraction of sp³-hybridized carbons (Fsp3) is 0.909. The third-order valence-electron chi connectivity index (χ3n) is 4.19. The number of likely N-dealkylation sites (tertiary alicyclic amines) is 1. The number of nitrogens with one attached hydrogen (secondary N) is 1. The molecule has 0 aromatic carbocycles. The van der Waals surface area contributed by atoms with E-state index in [1.165, 1.54) is 0 Å². The molecule has 2 saturated heterocycles. The van der Waals surface area contributed by atoms with Gasteiger partial charge in [0.25, 0.3) is 0 Å². The van der Waals surface area contributed by atoms with Crippen LogP contribution in [0.25, 0.3) is 0 Å². The van der Waals surface area contributed by atoms with Gasteiger partial charge in [0.2, 0.25) is 5.91 Å². The lowest BCUT2D eigenvalue weighted by Gasteiger charge is -2.21. The topological polar surface area (TPSA) is 32.3 Å². The van der Waals surface area contributed by atoms with Gasteiger partial charge in [-0.15, -0.1) is 0 Å². The minimum absolute atomic E-state index is 0.0338. The highest BCUT2D eigenvalue weighted by atomic mass is 16.2. The second-order valence-corrected chi connectivity index (χ2v) is 5.45. The zero-order valence-corrected chi connectivity index (χ0v) is 8.75. The number of nitrogens with zero attached hydrogens (tertiary/aromatic N) is 1. The lowest BCUT2D eigenvalue weighted by molar-refractivity contribution is -0.135. The Morgan fingerprint density at radius 2 is 1.86 bits per heavy atom. The Kier molecular flexibility index (Phi) is 1.69. The van der Waals surface area contributed by atoms with Crippen molar-refractivity contribution in [2.45, 2.75) is 19.8 Å². The van der Waals surface area contributed by atoms with Crippen molar-refractivity contribution in [2.24, 2.45) is 17.3 Å². The number of carbonyl (C=O) groups is 1. The molecule has 3 rings (SSSR count). The number of hydrogen-bond acceptors (Lipinski definition) is 2. The van der Waals surface area contributed by atoms with Gasteiger partial charge in [0.15, 0.2) is 0 Å². The summed E-state index contributed by atoms with van der Waals surface area (Å²) in [6.07, 6.45) is 2.21. The lowest BCUT2D eigenvalue weighted by atomic mass is 10.0. The second-order valence-electron chi connectivity index (χ2n) is 5.45. The van der Waals surface area contributed by atoms with E-state index >= 15 is 0 Å². The van der Waals surface area contributed by atoms with Crippen molar-refractivity contribution >= 4 is 5.91 Å². The van der Waals surface area contributed by atoms with E-state index in [0.29, 0.717) is 5.91 Å². The van der Waals surface area contributed by atoms with Gasteiger partial charge in [-0.3, -0.25) is 4.79 Å². The molecule has 3 nitrogen and oxygen atoms in total. The maximum absolute atomic E-state index is 12.1. The number of fused-ring (bicyclic) bond motifs is 1. The Bertz CT molecular complexity index is 260. The summed E-state index contributed by atoms with van der Waals surface area (Å²) < 4.78 is 0. The van der Waals surface area contributed by atoms with Crippen LogP contribution in [-0.2, 0) is 4.79 Å². The Hall–Kier alpha value is -0.570. The van der Waals surface area contributed by atoms with Crippen LogP contribution >= 0.6 is 0 Å². The van der Waals surface area contributed by atoms with Gasteiger partial charge >= 0.3 is 0 Å². The van der Waals surface area contributed by atoms with E-state index in [4.69, 9.17) is 0 Å². The third kappa shape index (κ3) is 1.18. The van der Waals surface area contributed by atoms with Crippen LogP contribution in [0, 0.1) is 17.3 Å². The van der Waals surface area contributed by atoms with Crippen molar-refractivity contribution in [2.75, 3.05) is 26.2 Å². The van der Waals surface area contributed by atoms with E-state index in [-0.39, 0.29) is 5.41 Å². The first kappa shape index (κ1) is 8.72. The zero-order valence-electron chi connectivity index (χ0n) is 8.75. The average molecular weight is 194 g/mol. The fourth-order valence-electron chi connectivity index (χ4n) is 2.80. The summed E-state index contributed by atoms with van der Waals surface area (Å²) in [4.78, 5) is 14.2. The van der Waals surface area contributed by atoms with Gasteiger partial charge in [0, 0.05) is 31.6 Å². The third-order valence-corrected chi connectivity index (χ3v) is 4.19. The molecular weight excluding hydrogens is 176 g/mol. The van der Waals surface area contributed by atoms with Gasteiger partial charge in [0.1, 0.15) is 0 Å². The summed E-state index contributed by atoms with van der Waals surface area (Å²) in [6.45, 7) is 6.36. The molecule has 2 atom stereocenters. The highest BCUT2D eigenvalue weighted by Crippen LogP contribution is 2.47. The molecule has 2 heterocycles. The van der Waals surface area contributed by atoms with Gasteiger partial charge in [-0.25, -0.2) is 0 Å². The van der Waals surface area contributed by atoms with Crippen molar-refractivity contribution in [3.05, 3.63) is 0 Å². The zero-order chi connectivity index (χ0) is 9.76. The van der Waals surface area contributed by atoms with Crippen LogP contribution < -0.4 is 5.32 Å². The summed E-state index contributed by atoms with van der Waals surface area (Å²) in [5.74, 6) is 1.90. The molecule has 1 amide bonds. The standard InChI is InChI=1S/C11H18N2O/c1-11(2-3-11)10(14)13-6-8-4-12-5-9(8)7-13/h8-9,12H,2-7H2,1H3/t8-,9+. The van der Waals surface area contributed by atoms with Crippen LogP contribution in [-0.4, -0.2) is 37.0 Å². The molecule has 3 fully saturated rings. The Morgan fingerprint density at radius 3 is 2.36 bits per heavy atom. The molecule has 3 heteroatoms. The monoisotopic (exact) mass is 194 g/mol. The minimum atomic E-state index is 0.0338. The first-order valence-electron chi connectivity index (χ1n) is 5.69.